The first-order chi connectivity index (χ1) is 11.4. The van der Waals surface area contributed by atoms with Crippen molar-refractivity contribution >= 4 is 23.2 Å². The van der Waals surface area contributed by atoms with E-state index in [9.17, 15) is 9.59 Å². The lowest BCUT2D eigenvalue weighted by Gasteiger charge is -2.26. The van der Waals surface area contributed by atoms with Crippen LogP contribution in [0.15, 0.2) is 30.3 Å². The number of nitrogens with zero attached hydrogens (tertiary/aromatic N) is 2. The number of esters is 1. The zero-order valence-corrected chi connectivity index (χ0v) is 15.2. The van der Waals surface area contributed by atoms with E-state index in [1.165, 1.54) is 16.2 Å². The van der Waals surface area contributed by atoms with Gasteiger partial charge in [0, 0.05) is 13.5 Å². The number of carbonyl (C=O) groups is 2. The van der Waals surface area contributed by atoms with Crippen LogP contribution in [0.3, 0.4) is 0 Å². The zero-order valence-electron chi connectivity index (χ0n) is 14.4. The highest BCUT2D eigenvalue weighted by Crippen LogP contribution is 2.21. The number of carbonyl (C=O) groups excluding carboxylic acids is 2. The molecule has 0 aliphatic carbocycles. The van der Waals surface area contributed by atoms with Crippen molar-refractivity contribution in [2.75, 3.05) is 13.7 Å². The predicted octanol–water partition coefficient (Wildman–Crippen LogP) is 3.01. The number of rotatable bonds is 6. The normalized spacial score (nSPS) is 11.8. The zero-order chi connectivity index (χ0) is 17.7. The van der Waals surface area contributed by atoms with Crippen molar-refractivity contribution in [3.8, 4) is 0 Å². The molecular formula is C18H22N2O3S. The molecule has 5 nitrogen and oxygen atoms in total. The third kappa shape index (κ3) is 4.20. The van der Waals surface area contributed by atoms with Crippen LogP contribution in [-0.4, -0.2) is 41.5 Å². The summed E-state index contributed by atoms with van der Waals surface area (Å²) in [4.78, 5) is 31.5. The molecule has 0 radical (unpaired) electrons. The molecule has 0 fully saturated rings. The van der Waals surface area contributed by atoms with Gasteiger partial charge in [-0.3, -0.25) is 4.79 Å². The van der Waals surface area contributed by atoms with Gasteiger partial charge in [-0.25, -0.2) is 9.78 Å². The Morgan fingerprint density at radius 2 is 1.92 bits per heavy atom. The third-order valence-electron chi connectivity index (χ3n) is 3.72. The molecule has 1 heterocycles. The van der Waals surface area contributed by atoms with Crippen LogP contribution in [0.5, 0.6) is 0 Å². The highest BCUT2D eigenvalue weighted by molar-refractivity contribution is 7.13. The molecule has 128 valence electrons. The fourth-order valence-electron chi connectivity index (χ4n) is 2.49. The predicted molar refractivity (Wildman–Crippen MR) is 94.2 cm³/mol. The molecule has 0 N–H and O–H groups in total. The van der Waals surface area contributed by atoms with Gasteiger partial charge in [0.1, 0.15) is 10.9 Å². The SMILES string of the molecule is CCOC(=O)C(Cc1ccccc1)N(C)C(=O)c1sc(C)nc1C. The van der Waals surface area contributed by atoms with E-state index in [2.05, 4.69) is 4.98 Å². The van der Waals surface area contributed by atoms with Crippen LogP contribution in [0.1, 0.15) is 32.9 Å². The van der Waals surface area contributed by atoms with Gasteiger partial charge in [-0.2, -0.15) is 0 Å². The molecule has 0 spiro atoms. The fraction of sp³-hybridized carbons (Fsp3) is 0.389. The molecule has 0 bridgehead atoms. The Morgan fingerprint density at radius 1 is 1.25 bits per heavy atom. The molecule has 0 saturated carbocycles. The monoisotopic (exact) mass is 346 g/mol. The van der Waals surface area contributed by atoms with Crippen molar-refractivity contribution in [3.63, 3.8) is 0 Å². The minimum Gasteiger partial charge on any atom is -0.464 e. The summed E-state index contributed by atoms with van der Waals surface area (Å²) < 4.78 is 5.17. The summed E-state index contributed by atoms with van der Waals surface area (Å²) in [5, 5.41) is 0.833. The Bertz CT molecular complexity index is 712. The van der Waals surface area contributed by atoms with E-state index in [1.54, 1.807) is 20.9 Å². The first kappa shape index (κ1) is 18.1. The van der Waals surface area contributed by atoms with Gasteiger partial charge in [-0.1, -0.05) is 30.3 Å². The highest BCUT2D eigenvalue weighted by Gasteiger charge is 2.30. The van der Waals surface area contributed by atoms with Crippen molar-refractivity contribution in [3.05, 3.63) is 51.5 Å². The highest BCUT2D eigenvalue weighted by atomic mass is 32.1. The minimum absolute atomic E-state index is 0.202. The van der Waals surface area contributed by atoms with Gasteiger partial charge < -0.3 is 9.64 Å². The Balaban J connectivity index is 2.26. The fourth-order valence-corrected chi connectivity index (χ4v) is 3.39. The van der Waals surface area contributed by atoms with E-state index in [0.717, 1.165) is 10.6 Å². The van der Waals surface area contributed by atoms with Crippen molar-refractivity contribution in [2.24, 2.45) is 0 Å². The first-order valence-corrected chi connectivity index (χ1v) is 8.67. The summed E-state index contributed by atoms with van der Waals surface area (Å²) in [7, 11) is 1.64. The average Bonchev–Trinajstić information content (AvgIpc) is 2.91. The lowest BCUT2D eigenvalue weighted by Crippen LogP contribution is -2.44. The smallest absolute Gasteiger partial charge is 0.329 e. The number of likely N-dealkylation sites (N-methyl/N-ethyl adjacent to an activating group) is 1. The summed E-state index contributed by atoms with van der Waals surface area (Å²) in [5.41, 5.74) is 1.67. The van der Waals surface area contributed by atoms with Gasteiger partial charge in [0.15, 0.2) is 0 Å². The van der Waals surface area contributed by atoms with Crippen LogP contribution in [-0.2, 0) is 16.0 Å². The largest absolute Gasteiger partial charge is 0.464 e. The van der Waals surface area contributed by atoms with Crippen LogP contribution in [0.4, 0.5) is 0 Å². The summed E-state index contributed by atoms with van der Waals surface area (Å²) >= 11 is 1.35. The summed E-state index contributed by atoms with van der Waals surface area (Å²) in [5.74, 6) is -0.594. The molecule has 0 aliphatic heterocycles. The number of amides is 1. The molecule has 1 amide bonds. The first-order valence-electron chi connectivity index (χ1n) is 7.85. The van der Waals surface area contributed by atoms with Crippen LogP contribution in [0, 0.1) is 13.8 Å². The summed E-state index contributed by atoms with van der Waals surface area (Å²) in [6.07, 6.45) is 0.415. The summed E-state index contributed by atoms with van der Waals surface area (Å²) in [6.45, 7) is 5.71. The van der Waals surface area contributed by atoms with Crippen LogP contribution in [0.2, 0.25) is 0 Å². The molecule has 1 unspecified atom stereocenters. The number of ether oxygens (including phenoxy) is 1. The molecule has 0 saturated heterocycles. The number of hydrogen-bond donors (Lipinski definition) is 0. The molecule has 6 heteroatoms. The van der Waals surface area contributed by atoms with Gasteiger partial charge in [0.05, 0.1) is 17.3 Å². The van der Waals surface area contributed by atoms with Gasteiger partial charge in [0.2, 0.25) is 0 Å². The Kier molecular flexibility index (Phi) is 6.09. The molecule has 2 aromatic rings. The molecular weight excluding hydrogens is 324 g/mol. The molecule has 1 atom stereocenters. The van der Waals surface area contributed by atoms with E-state index >= 15 is 0 Å². The van der Waals surface area contributed by atoms with E-state index in [4.69, 9.17) is 4.74 Å². The van der Waals surface area contributed by atoms with E-state index < -0.39 is 12.0 Å². The topological polar surface area (TPSA) is 59.5 Å². The number of benzene rings is 1. The quantitative estimate of drug-likeness (QED) is 0.755. The lowest BCUT2D eigenvalue weighted by molar-refractivity contribution is -0.148. The van der Waals surface area contributed by atoms with Gasteiger partial charge in [-0.15, -0.1) is 11.3 Å². The van der Waals surface area contributed by atoms with E-state index in [1.807, 2.05) is 37.3 Å². The Morgan fingerprint density at radius 3 is 2.46 bits per heavy atom. The van der Waals surface area contributed by atoms with Gasteiger partial charge >= 0.3 is 5.97 Å². The number of aryl methyl sites for hydroxylation is 2. The van der Waals surface area contributed by atoms with Crippen molar-refractivity contribution in [1.29, 1.82) is 0 Å². The lowest BCUT2D eigenvalue weighted by atomic mass is 10.0. The second kappa shape index (κ2) is 8.06. The number of aromatic nitrogens is 1. The maximum Gasteiger partial charge on any atom is 0.329 e. The van der Waals surface area contributed by atoms with Crippen LogP contribution < -0.4 is 0 Å². The van der Waals surface area contributed by atoms with Crippen LogP contribution >= 0.6 is 11.3 Å². The van der Waals surface area contributed by atoms with Crippen molar-refractivity contribution in [1.82, 2.24) is 9.88 Å². The maximum atomic E-state index is 12.8. The molecule has 24 heavy (non-hydrogen) atoms. The minimum atomic E-state index is -0.665. The number of hydrogen-bond acceptors (Lipinski definition) is 5. The standard InChI is InChI=1S/C18H22N2O3S/c1-5-23-18(22)15(11-14-9-7-6-8-10-14)20(4)17(21)16-12(2)19-13(3)24-16/h6-10,15H,5,11H2,1-4H3. The Hall–Kier alpha value is -2.21. The maximum absolute atomic E-state index is 12.8. The van der Waals surface area contributed by atoms with Gasteiger partial charge in [-0.05, 0) is 26.3 Å². The number of thiazole rings is 1. The van der Waals surface area contributed by atoms with Crippen LogP contribution in [0.25, 0.3) is 0 Å². The van der Waals surface area contributed by atoms with E-state index in [0.29, 0.717) is 17.0 Å². The van der Waals surface area contributed by atoms with Gasteiger partial charge in [0.25, 0.3) is 5.91 Å². The van der Waals surface area contributed by atoms with Crippen molar-refractivity contribution < 1.29 is 14.3 Å². The summed E-state index contributed by atoms with van der Waals surface area (Å²) in [6, 6.07) is 8.95. The molecule has 1 aromatic heterocycles. The van der Waals surface area contributed by atoms with Crippen molar-refractivity contribution in [2.45, 2.75) is 33.2 Å². The molecule has 2 rings (SSSR count). The molecule has 1 aromatic carbocycles. The Labute approximate surface area is 146 Å². The average molecular weight is 346 g/mol. The second-order valence-electron chi connectivity index (χ2n) is 5.52. The molecule has 0 aliphatic rings. The van der Waals surface area contributed by atoms with E-state index in [-0.39, 0.29) is 12.5 Å². The second-order valence-corrected chi connectivity index (χ2v) is 6.72. The third-order valence-corrected chi connectivity index (χ3v) is 4.78.